The highest BCUT2D eigenvalue weighted by molar-refractivity contribution is 6.35. The van der Waals surface area contributed by atoms with E-state index in [1.807, 2.05) is 0 Å². The molecule has 0 unspecified atom stereocenters. The molecule has 22 heavy (non-hydrogen) atoms. The van der Waals surface area contributed by atoms with Crippen LogP contribution in [0.15, 0.2) is 18.2 Å². The lowest BCUT2D eigenvalue weighted by atomic mass is 10.2. The molecule has 0 aliphatic carbocycles. The van der Waals surface area contributed by atoms with E-state index in [-0.39, 0.29) is 13.1 Å². The summed E-state index contributed by atoms with van der Waals surface area (Å²) in [5, 5.41) is 8.51. The fraction of sp³-hybridized carbons (Fsp3) is 0.429. The smallest absolute Gasteiger partial charge is 0.407 e. The summed E-state index contributed by atoms with van der Waals surface area (Å²) in [4.78, 5) is 23.1. The standard InChI is InChI=1S/C14H19Cl2N3O3/c1-14(2,3)22-13(21)18-7-6-17-12(20)19-11-8-9(15)4-5-10(11)16/h4-5,8H,6-7H2,1-3H3,(H,18,21)(H2,17,19,20). The predicted octanol–water partition coefficient (Wildman–Crippen LogP) is 3.64. The Morgan fingerprint density at radius 2 is 1.77 bits per heavy atom. The van der Waals surface area contributed by atoms with Crippen LogP contribution in [0.4, 0.5) is 15.3 Å². The molecule has 0 aliphatic rings. The van der Waals surface area contributed by atoms with Crippen LogP contribution in [0.3, 0.4) is 0 Å². The van der Waals surface area contributed by atoms with E-state index >= 15 is 0 Å². The second kappa shape index (κ2) is 8.10. The lowest BCUT2D eigenvalue weighted by molar-refractivity contribution is 0.0528. The van der Waals surface area contributed by atoms with E-state index in [1.165, 1.54) is 0 Å². The molecule has 0 bridgehead atoms. The number of carbonyl (C=O) groups excluding carboxylic acids is 2. The molecule has 0 atom stereocenters. The van der Waals surface area contributed by atoms with E-state index in [9.17, 15) is 9.59 Å². The van der Waals surface area contributed by atoms with Gasteiger partial charge in [-0.25, -0.2) is 9.59 Å². The fourth-order valence-corrected chi connectivity index (χ4v) is 1.75. The van der Waals surface area contributed by atoms with Crippen LogP contribution < -0.4 is 16.0 Å². The topological polar surface area (TPSA) is 79.5 Å². The van der Waals surface area contributed by atoms with Crippen molar-refractivity contribution in [1.82, 2.24) is 10.6 Å². The van der Waals surface area contributed by atoms with Gasteiger partial charge in [0.1, 0.15) is 5.60 Å². The average molecular weight is 348 g/mol. The Morgan fingerprint density at radius 1 is 1.14 bits per heavy atom. The van der Waals surface area contributed by atoms with Gasteiger partial charge in [-0.05, 0) is 39.0 Å². The van der Waals surface area contributed by atoms with Gasteiger partial charge in [-0.1, -0.05) is 23.2 Å². The minimum Gasteiger partial charge on any atom is -0.444 e. The largest absolute Gasteiger partial charge is 0.444 e. The molecule has 0 heterocycles. The van der Waals surface area contributed by atoms with Crippen LogP contribution in [-0.4, -0.2) is 30.8 Å². The molecule has 0 radical (unpaired) electrons. The molecule has 0 aromatic heterocycles. The Balaban J connectivity index is 2.29. The first-order valence-electron chi connectivity index (χ1n) is 6.64. The minimum absolute atomic E-state index is 0.239. The maximum absolute atomic E-state index is 11.7. The lowest BCUT2D eigenvalue weighted by Gasteiger charge is -2.19. The predicted molar refractivity (Wildman–Crippen MR) is 87.7 cm³/mol. The molecule has 8 heteroatoms. The summed E-state index contributed by atoms with van der Waals surface area (Å²) in [6.45, 7) is 5.79. The number of rotatable bonds is 4. The van der Waals surface area contributed by atoms with Gasteiger partial charge in [0, 0.05) is 18.1 Å². The highest BCUT2D eigenvalue weighted by Gasteiger charge is 2.15. The summed E-state index contributed by atoms with van der Waals surface area (Å²) in [5.41, 5.74) is -0.148. The number of halogens is 2. The van der Waals surface area contributed by atoms with Crippen LogP contribution in [0.1, 0.15) is 20.8 Å². The zero-order chi connectivity index (χ0) is 16.8. The number of amides is 3. The van der Waals surface area contributed by atoms with Gasteiger partial charge in [0.25, 0.3) is 0 Å². The highest BCUT2D eigenvalue weighted by atomic mass is 35.5. The molecule has 3 N–H and O–H groups in total. The lowest BCUT2D eigenvalue weighted by Crippen LogP contribution is -2.39. The molecule has 0 saturated carbocycles. The van der Waals surface area contributed by atoms with Gasteiger partial charge < -0.3 is 20.7 Å². The van der Waals surface area contributed by atoms with E-state index < -0.39 is 17.7 Å². The summed E-state index contributed by atoms with van der Waals surface area (Å²) >= 11 is 11.8. The summed E-state index contributed by atoms with van der Waals surface area (Å²) in [6, 6.07) is 4.30. The maximum Gasteiger partial charge on any atom is 0.407 e. The van der Waals surface area contributed by atoms with Gasteiger partial charge in [-0.2, -0.15) is 0 Å². The van der Waals surface area contributed by atoms with Crippen molar-refractivity contribution in [3.05, 3.63) is 28.2 Å². The van der Waals surface area contributed by atoms with E-state index in [2.05, 4.69) is 16.0 Å². The third-order valence-electron chi connectivity index (χ3n) is 2.26. The van der Waals surface area contributed by atoms with Crippen molar-refractivity contribution in [2.24, 2.45) is 0 Å². The Kier molecular flexibility index (Phi) is 6.77. The Hall–Kier alpha value is -1.66. The minimum atomic E-state index is -0.557. The number of alkyl carbamates (subject to hydrolysis) is 1. The molecule has 6 nitrogen and oxygen atoms in total. The van der Waals surface area contributed by atoms with Gasteiger partial charge in [-0.15, -0.1) is 0 Å². The van der Waals surface area contributed by atoms with Crippen LogP contribution in [0.25, 0.3) is 0 Å². The van der Waals surface area contributed by atoms with E-state index in [4.69, 9.17) is 27.9 Å². The van der Waals surface area contributed by atoms with Crippen molar-refractivity contribution in [1.29, 1.82) is 0 Å². The maximum atomic E-state index is 11.7. The molecule has 0 spiro atoms. The first-order chi connectivity index (χ1) is 10.2. The zero-order valence-corrected chi connectivity index (χ0v) is 14.1. The number of ether oxygens (including phenoxy) is 1. The van der Waals surface area contributed by atoms with Crippen LogP contribution in [0.2, 0.25) is 10.0 Å². The molecule has 122 valence electrons. The second-order valence-electron chi connectivity index (χ2n) is 5.43. The summed E-state index contributed by atoms with van der Waals surface area (Å²) in [5.74, 6) is 0. The molecule has 0 saturated heterocycles. The van der Waals surface area contributed by atoms with E-state index in [1.54, 1.807) is 39.0 Å². The number of urea groups is 1. The SMILES string of the molecule is CC(C)(C)OC(=O)NCCNC(=O)Nc1cc(Cl)ccc1Cl. The van der Waals surface area contributed by atoms with Crippen molar-refractivity contribution < 1.29 is 14.3 Å². The fourth-order valence-electron chi connectivity index (χ4n) is 1.41. The Morgan fingerprint density at radius 3 is 2.41 bits per heavy atom. The van der Waals surface area contributed by atoms with Crippen molar-refractivity contribution in [2.45, 2.75) is 26.4 Å². The molecule has 0 aliphatic heterocycles. The molecular weight excluding hydrogens is 329 g/mol. The molecule has 0 fully saturated rings. The number of nitrogens with one attached hydrogen (secondary N) is 3. The van der Waals surface area contributed by atoms with Gasteiger partial charge in [-0.3, -0.25) is 0 Å². The summed E-state index contributed by atoms with van der Waals surface area (Å²) < 4.78 is 5.06. The van der Waals surface area contributed by atoms with Gasteiger partial charge >= 0.3 is 12.1 Å². The van der Waals surface area contributed by atoms with Gasteiger partial charge in [0.15, 0.2) is 0 Å². The van der Waals surface area contributed by atoms with Crippen LogP contribution in [0, 0.1) is 0 Å². The molecule has 3 amide bonds. The number of hydrogen-bond donors (Lipinski definition) is 3. The highest BCUT2D eigenvalue weighted by Crippen LogP contribution is 2.25. The third kappa shape index (κ3) is 7.38. The van der Waals surface area contributed by atoms with Crippen molar-refractivity contribution in [2.75, 3.05) is 18.4 Å². The van der Waals surface area contributed by atoms with E-state index in [0.717, 1.165) is 0 Å². The van der Waals surface area contributed by atoms with Crippen LogP contribution in [0.5, 0.6) is 0 Å². The van der Waals surface area contributed by atoms with Gasteiger partial charge in [0.2, 0.25) is 0 Å². The number of anilines is 1. The molecule has 1 rings (SSSR count). The van der Waals surface area contributed by atoms with Crippen LogP contribution >= 0.6 is 23.2 Å². The van der Waals surface area contributed by atoms with Crippen LogP contribution in [-0.2, 0) is 4.74 Å². The summed E-state index contributed by atoms with van der Waals surface area (Å²) in [6.07, 6.45) is -0.535. The van der Waals surface area contributed by atoms with E-state index in [0.29, 0.717) is 15.7 Å². The first kappa shape index (κ1) is 18.4. The quantitative estimate of drug-likeness (QED) is 0.727. The van der Waals surface area contributed by atoms with Crippen molar-refractivity contribution >= 4 is 41.0 Å². The Bertz CT molecular complexity index is 545. The number of carbonyl (C=O) groups is 2. The molecule has 1 aromatic rings. The monoisotopic (exact) mass is 347 g/mol. The van der Waals surface area contributed by atoms with Gasteiger partial charge in [0.05, 0.1) is 10.7 Å². The molecule has 1 aromatic carbocycles. The zero-order valence-electron chi connectivity index (χ0n) is 12.6. The average Bonchev–Trinajstić information content (AvgIpc) is 2.37. The first-order valence-corrected chi connectivity index (χ1v) is 7.40. The molecular formula is C14H19Cl2N3O3. The third-order valence-corrected chi connectivity index (χ3v) is 2.82. The van der Waals surface area contributed by atoms with Crippen molar-refractivity contribution in [3.8, 4) is 0 Å². The summed E-state index contributed by atoms with van der Waals surface area (Å²) in [7, 11) is 0. The Labute approximate surface area is 139 Å². The second-order valence-corrected chi connectivity index (χ2v) is 6.28. The van der Waals surface area contributed by atoms with Crippen molar-refractivity contribution in [3.63, 3.8) is 0 Å². The number of hydrogen-bond acceptors (Lipinski definition) is 3. The number of benzene rings is 1. The normalized spacial score (nSPS) is 10.8.